The molecule has 0 saturated heterocycles. The van der Waals surface area contributed by atoms with Crippen LogP contribution < -0.4 is 4.72 Å². The van der Waals surface area contributed by atoms with Gasteiger partial charge in [-0.05, 0) is 19.2 Å². The highest BCUT2D eigenvalue weighted by Gasteiger charge is 2.12. The molecule has 0 aliphatic carbocycles. The van der Waals surface area contributed by atoms with Gasteiger partial charge >= 0.3 is 0 Å². The highest BCUT2D eigenvalue weighted by molar-refractivity contribution is 7.89. The lowest BCUT2D eigenvalue weighted by Crippen LogP contribution is -2.20. The van der Waals surface area contributed by atoms with E-state index in [2.05, 4.69) is 9.71 Å². The van der Waals surface area contributed by atoms with Crippen LogP contribution in [0.1, 0.15) is 10.5 Å². The molecule has 0 spiro atoms. The Balaban J connectivity index is 3.24. The molecule has 6 heteroatoms. The molecule has 1 aromatic heterocycles. The van der Waals surface area contributed by atoms with Gasteiger partial charge in [-0.25, -0.2) is 18.1 Å². The molecule has 13 heavy (non-hydrogen) atoms. The fourth-order valence-electron chi connectivity index (χ4n) is 0.751. The van der Waals surface area contributed by atoms with Crippen LogP contribution in [0.2, 0.25) is 0 Å². The van der Waals surface area contributed by atoms with E-state index < -0.39 is 10.0 Å². The maximum atomic E-state index is 11.2. The van der Waals surface area contributed by atoms with Crippen molar-refractivity contribution < 1.29 is 13.2 Å². The SMILES string of the molecule is CNS(=O)(=O)c1cccc(C=O)n1. The molecule has 0 radical (unpaired) electrons. The Morgan fingerprint density at radius 3 is 2.69 bits per heavy atom. The minimum Gasteiger partial charge on any atom is -0.296 e. The van der Waals surface area contributed by atoms with E-state index in [-0.39, 0.29) is 10.7 Å². The standard InChI is InChI=1S/C7H8N2O3S/c1-8-13(11,12)7-4-2-3-6(5-10)9-7/h2-5,8H,1H3. The number of hydrogen-bond donors (Lipinski definition) is 1. The summed E-state index contributed by atoms with van der Waals surface area (Å²) in [5, 5.41) is -0.153. The van der Waals surface area contributed by atoms with Crippen molar-refractivity contribution in [1.82, 2.24) is 9.71 Å². The topological polar surface area (TPSA) is 76.1 Å². The predicted octanol–water partition coefficient (Wildman–Crippen LogP) is -0.198. The van der Waals surface area contributed by atoms with Crippen LogP contribution >= 0.6 is 0 Å². The van der Waals surface area contributed by atoms with E-state index in [1.165, 1.54) is 25.2 Å². The number of pyridine rings is 1. The number of carbonyl (C=O) groups excluding carboxylic acids is 1. The second-order valence-corrected chi connectivity index (χ2v) is 4.06. The molecule has 1 N–H and O–H groups in total. The Labute approximate surface area is 75.9 Å². The van der Waals surface area contributed by atoms with Gasteiger partial charge in [0.15, 0.2) is 11.3 Å². The van der Waals surface area contributed by atoms with Crippen molar-refractivity contribution in [1.29, 1.82) is 0 Å². The van der Waals surface area contributed by atoms with Crippen molar-refractivity contribution in [2.24, 2.45) is 0 Å². The average molecular weight is 200 g/mol. The third kappa shape index (κ3) is 2.10. The fraction of sp³-hybridized carbons (Fsp3) is 0.143. The smallest absolute Gasteiger partial charge is 0.257 e. The van der Waals surface area contributed by atoms with E-state index in [1.807, 2.05) is 0 Å². The summed E-state index contributed by atoms with van der Waals surface area (Å²) in [7, 11) is -2.27. The highest BCUT2D eigenvalue weighted by Crippen LogP contribution is 2.04. The van der Waals surface area contributed by atoms with E-state index >= 15 is 0 Å². The lowest BCUT2D eigenvalue weighted by Gasteiger charge is -2.00. The van der Waals surface area contributed by atoms with Crippen molar-refractivity contribution in [3.8, 4) is 0 Å². The molecule has 0 aromatic carbocycles. The normalized spacial score (nSPS) is 11.2. The largest absolute Gasteiger partial charge is 0.296 e. The van der Waals surface area contributed by atoms with Gasteiger partial charge in [0.2, 0.25) is 0 Å². The quantitative estimate of drug-likeness (QED) is 0.686. The first-order valence-electron chi connectivity index (χ1n) is 3.46. The number of aromatic nitrogens is 1. The summed E-state index contributed by atoms with van der Waals surface area (Å²) in [6, 6.07) is 4.21. The monoisotopic (exact) mass is 200 g/mol. The van der Waals surface area contributed by atoms with Crippen LogP contribution in [0.3, 0.4) is 0 Å². The van der Waals surface area contributed by atoms with Gasteiger partial charge in [-0.2, -0.15) is 0 Å². The Morgan fingerprint density at radius 1 is 1.46 bits per heavy atom. The molecule has 0 amide bonds. The van der Waals surface area contributed by atoms with E-state index in [1.54, 1.807) is 0 Å². The van der Waals surface area contributed by atoms with E-state index in [0.717, 1.165) is 0 Å². The lowest BCUT2D eigenvalue weighted by atomic mass is 10.4. The third-order valence-corrected chi connectivity index (χ3v) is 2.73. The first-order valence-corrected chi connectivity index (χ1v) is 4.94. The van der Waals surface area contributed by atoms with Gasteiger partial charge in [0.25, 0.3) is 10.0 Å². The summed E-state index contributed by atoms with van der Waals surface area (Å²) in [6.07, 6.45) is 0.495. The van der Waals surface area contributed by atoms with Crippen LogP contribution in [0, 0.1) is 0 Å². The van der Waals surface area contributed by atoms with E-state index in [4.69, 9.17) is 0 Å². The molecule has 0 fully saturated rings. The van der Waals surface area contributed by atoms with Crippen LogP contribution in [-0.4, -0.2) is 26.7 Å². The zero-order valence-electron chi connectivity index (χ0n) is 6.89. The molecule has 0 saturated carbocycles. The summed E-state index contributed by atoms with van der Waals surface area (Å²) in [6.45, 7) is 0. The minimum atomic E-state index is -3.55. The zero-order valence-corrected chi connectivity index (χ0v) is 7.71. The Morgan fingerprint density at radius 2 is 2.15 bits per heavy atom. The van der Waals surface area contributed by atoms with Gasteiger partial charge in [-0.15, -0.1) is 0 Å². The molecule has 0 atom stereocenters. The van der Waals surface area contributed by atoms with Gasteiger partial charge in [0.1, 0.15) is 5.69 Å². The number of rotatable bonds is 3. The number of hydrogen-bond acceptors (Lipinski definition) is 4. The van der Waals surface area contributed by atoms with E-state index in [0.29, 0.717) is 6.29 Å². The van der Waals surface area contributed by atoms with Crippen molar-refractivity contribution in [3.05, 3.63) is 23.9 Å². The molecule has 70 valence electrons. The second kappa shape index (κ2) is 3.63. The van der Waals surface area contributed by atoms with Gasteiger partial charge < -0.3 is 0 Å². The highest BCUT2D eigenvalue weighted by atomic mass is 32.2. The van der Waals surface area contributed by atoms with Crippen LogP contribution in [0.5, 0.6) is 0 Å². The zero-order chi connectivity index (χ0) is 9.90. The third-order valence-electron chi connectivity index (χ3n) is 1.41. The molecule has 0 unspecified atom stereocenters. The second-order valence-electron chi connectivity index (χ2n) is 2.23. The lowest BCUT2D eigenvalue weighted by molar-refractivity contribution is 0.111. The van der Waals surface area contributed by atoms with Crippen LogP contribution in [0.15, 0.2) is 23.2 Å². The molecule has 1 rings (SSSR count). The first kappa shape index (κ1) is 9.82. The summed E-state index contributed by atoms with van der Waals surface area (Å²) in [5.74, 6) is 0. The number of sulfonamides is 1. The molecule has 5 nitrogen and oxygen atoms in total. The van der Waals surface area contributed by atoms with Gasteiger partial charge in [-0.3, -0.25) is 4.79 Å². The molecule has 0 aliphatic rings. The summed E-state index contributed by atoms with van der Waals surface area (Å²) in [4.78, 5) is 13.9. The predicted molar refractivity (Wildman–Crippen MR) is 45.9 cm³/mol. The maximum absolute atomic E-state index is 11.2. The van der Waals surface area contributed by atoms with Gasteiger partial charge in [0.05, 0.1) is 0 Å². The Kier molecular flexibility index (Phi) is 2.74. The Bertz CT molecular complexity index is 414. The molecular formula is C7H8N2O3S. The fourth-order valence-corrected chi connectivity index (χ4v) is 1.44. The van der Waals surface area contributed by atoms with Crippen molar-refractivity contribution >= 4 is 16.3 Å². The Hall–Kier alpha value is -1.27. The molecule has 1 aromatic rings. The molecule has 0 aliphatic heterocycles. The number of nitrogens with zero attached hydrogens (tertiary/aromatic N) is 1. The van der Waals surface area contributed by atoms with Crippen molar-refractivity contribution in [2.75, 3.05) is 7.05 Å². The minimum absolute atomic E-state index is 0.0938. The number of carbonyl (C=O) groups is 1. The van der Waals surface area contributed by atoms with Crippen LogP contribution in [0.4, 0.5) is 0 Å². The number of aldehydes is 1. The van der Waals surface area contributed by atoms with Crippen molar-refractivity contribution in [3.63, 3.8) is 0 Å². The van der Waals surface area contributed by atoms with Gasteiger partial charge in [-0.1, -0.05) is 6.07 Å². The summed E-state index contributed by atoms with van der Waals surface area (Å²) < 4.78 is 24.5. The van der Waals surface area contributed by atoms with Crippen LogP contribution in [-0.2, 0) is 10.0 Å². The maximum Gasteiger partial charge on any atom is 0.257 e. The average Bonchev–Trinajstić information content (AvgIpc) is 2.18. The van der Waals surface area contributed by atoms with Crippen LogP contribution in [0.25, 0.3) is 0 Å². The summed E-state index contributed by atoms with van der Waals surface area (Å²) in [5.41, 5.74) is 0.0938. The molecule has 1 heterocycles. The van der Waals surface area contributed by atoms with Gasteiger partial charge in [0, 0.05) is 0 Å². The van der Waals surface area contributed by atoms with Crippen molar-refractivity contribution in [2.45, 2.75) is 5.03 Å². The summed E-state index contributed by atoms with van der Waals surface area (Å²) >= 11 is 0. The number of nitrogens with one attached hydrogen (secondary N) is 1. The first-order chi connectivity index (χ1) is 6.10. The van der Waals surface area contributed by atoms with E-state index in [9.17, 15) is 13.2 Å². The molecular weight excluding hydrogens is 192 g/mol. The molecule has 0 bridgehead atoms.